The summed E-state index contributed by atoms with van der Waals surface area (Å²) in [5.41, 5.74) is 3.97. The smallest absolute Gasteiger partial charge is 0.203 e. The number of methoxy groups -OCH3 is 6. The van der Waals surface area contributed by atoms with Crippen LogP contribution in [0.1, 0.15) is 22.3 Å². The average Bonchev–Trinajstić information content (AvgIpc) is 2.89. The highest BCUT2D eigenvalue weighted by Crippen LogP contribution is 2.39. The molecule has 0 radical (unpaired) electrons. The normalized spacial score (nSPS) is 11.0. The van der Waals surface area contributed by atoms with Crippen LogP contribution in [0.2, 0.25) is 0 Å². The molecule has 3 rings (SSSR count). The van der Waals surface area contributed by atoms with Crippen molar-refractivity contribution in [3.8, 4) is 34.5 Å². The Labute approximate surface area is 200 Å². The van der Waals surface area contributed by atoms with E-state index < -0.39 is 0 Å². The largest absolute Gasteiger partial charge is 0.493 e. The van der Waals surface area contributed by atoms with Crippen LogP contribution >= 0.6 is 0 Å². The van der Waals surface area contributed by atoms with Crippen LogP contribution in [0, 0.1) is 0 Å². The van der Waals surface area contributed by atoms with Crippen LogP contribution < -0.4 is 28.4 Å². The van der Waals surface area contributed by atoms with E-state index in [4.69, 9.17) is 28.4 Å². The quantitative estimate of drug-likeness (QED) is 0.341. The zero-order valence-electron chi connectivity index (χ0n) is 20.4. The number of ether oxygens (including phenoxy) is 6. The molecule has 0 N–H and O–H groups in total. The van der Waals surface area contributed by atoms with Gasteiger partial charge in [-0.3, -0.25) is 0 Å². The maximum atomic E-state index is 5.46. The van der Waals surface area contributed by atoms with E-state index in [2.05, 4.69) is 24.3 Å². The van der Waals surface area contributed by atoms with Gasteiger partial charge in [0, 0.05) is 0 Å². The summed E-state index contributed by atoms with van der Waals surface area (Å²) in [4.78, 5) is 0. The molecule has 3 aromatic carbocycles. The van der Waals surface area contributed by atoms with E-state index >= 15 is 0 Å². The van der Waals surface area contributed by atoms with Crippen molar-refractivity contribution in [2.24, 2.45) is 0 Å². The molecule has 34 heavy (non-hydrogen) atoms. The number of rotatable bonds is 10. The monoisotopic (exact) mass is 462 g/mol. The molecule has 0 aliphatic heterocycles. The van der Waals surface area contributed by atoms with Gasteiger partial charge < -0.3 is 28.4 Å². The van der Waals surface area contributed by atoms with Crippen LogP contribution in [0.4, 0.5) is 0 Å². The third-order valence-corrected chi connectivity index (χ3v) is 5.28. The molecule has 0 aliphatic carbocycles. The molecule has 0 saturated heterocycles. The molecule has 0 aromatic heterocycles. The van der Waals surface area contributed by atoms with E-state index in [9.17, 15) is 0 Å². The van der Waals surface area contributed by atoms with Gasteiger partial charge in [-0.2, -0.15) is 0 Å². The summed E-state index contributed by atoms with van der Waals surface area (Å²) in [5.74, 6) is 3.56. The minimum Gasteiger partial charge on any atom is -0.493 e. The minimum atomic E-state index is 0.566. The van der Waals surface area contributed by atoms with Crippen molar-refractivity contribution < 1.29 is 28.4 Å². The molecular formula is C28H30O6. The van der Waals surface area contributed by atoms with Crippen molar-refractivity contribution in [3.05, 3.63) is 70.8 Å². The van der Waals surface area contributed by atoms with Crippen LogP contribution in [-0.2, 0) is 0 Å². The lowest BCUT2D eigenvalue weighted by Crippen LogP contribution is -1.95. The summed E-state index contributed by atoms with van der Waals surface area (Å²) < 4.78 is 32.6. The van der Waals surface area contributed by atoms with E-state index in [1.165, 1.54) is 0 Å². The highest BCUT2D eigenvalue weighted by Gasteiger charge is 2.13. The average molecular weight is 463 g/mol. The molecule has 0 fully saturated rings. The second kappa shape index (κ2) is 11.7. The Bertz CT molecular complexity index is 1040. The van der Waals surface area contributed by atoms with Crippen LogP contribution in [0.15, 0.2) is 48.5 Å². The fourth-order valence-electron chi connectivity index (χ4n) is 3.58. The standard InChI is InChI=1S/C28H30O6/c1-29-23-15-19(16-24(30-2)27(23)33-5)11-13-21-9-7-8-10-22(21)14-12-20-17-25(31-3)28(34-6)26(18-20)32-4/h7-18H,1-6H3. The SMILES string of the molecule is COc1cc(C=Cc2ccccc2C=Cc2cc(OC)c(OC)c(OC)c2)cc(OC)c1OC. The lowest BCUT2D eigenvalue weighted by molar-refractivity contribution is 0.324. The van der Waals surface area contributed by atoms with Gasteiger partial charge in [-0.05, 0) is 46.5 Å². The fraction of sp³-hybridized carbons (Fsp3) is 0.214. The second-order valence-corrected chi connectivity index (χ2v) is 7.21. The molecule has 0 bridgehead atoms. The fourth-order valence-corrected chi connectivity index (χ4v) is 3.58. The van der Waals surface area contributed by atoms with E-state index in [1.807, 2.05) is 48.6 Å². The van der Waals surface area contributed by atoms with Gasteiger partial charge in [0.25, 0.3) is 0 Å². The highest BCUT2D eigenvalue weighted by molar-refractivity contribution is 5.81. The van der Waals surface area contributed by atoms with E-state index in [-0.39, 0.29) is 0 Å². The van der Waals surface area contributed by atoms with Crippen molar-refractivity contribution >= 4 is 24.3 Å². The van der Waals surface area contributed by atoms with Crippen LogP contribution in [0.25, 0.3) is 24.3 Å². The third kappa shape index (κ3) is 5.46. The van der Waals surface area contributed by atoms with Gasteiger partial charge in [0.2, 0.25) is 11.5 Å². The Hall–Kier alpha value is -4.06. The summed E-state index contributed by atoms with van der Waals surface area (Å²) in [6, 6.07) is 15.8. The Balaban J connectivity index is 1.93. The summed E-state index contributed by atoms with van der Waals surface area (Å²) >= 11 is 0. The lowest BCUT2D eigenvalue weighted by atomic mass is 10.0. The van der Waals surface area contributed by atoms with Crippen molar-refractivity contribution in [2.75, 3.05) is 42.7 Å². The molecule has 0 aliphatic rings. The Morgan fingerprint density at radius 1 is 0.441 bits per heavy atom. The molecule has 0 saturated carbocycles. The topological polar surface area (TPSA) is 55.4 Å². The molecule has 178 valence electrons. The van der Waals surface area contributed by atoms with Gasteiger partial charge in [0.1, 0.15) is 0 Å². The van der Waals surface area contributed by atoms with Crippen molar-refractivity contribution in [2.45, 2.75) is 0 Å². The van der Waals surface area contributed by atoms with Gasteiger partial charge >= 0.3 is 0 Å². The van der Waals surface area contributed by atoms with Crippen molar-refractivity contribution in [1.29, 1.82) is 0 Å². The van der Waals surface area contributed by atoms with E-state index in [1.54, 1.807) is 42.7 Å². The minimum absolute atomic E-state index is 0.566. The molecule has 6 heteroatoms. The molecule has 0 unspecified atom stereocenters. The first-order valence-electron chi connectivity index (χ1n) is 10.6. The Morgan fingerprint density at radius 2 is 0.765 bits per heavy atom. The second-order valence-electron chi connectivity index (χ2n) is 7.21. The first-order chi connectivity index (χ1) is 16.6. The van der Waals surface area contributed by atoms with Gasteiger partial charge in [0.05, 0.1) is 42.7 Å². The summed E-state index contributed by atoms with van der Waals surface area (Å²) in [5, 5.41) is 0. The molecule has 0 atom stereocenters. The molecule has 0 spiro atoms. The predicted octanol–water partition coefficient (Wildman–Crippen LogP) is 6.08. The third-order valence-electron chi connectivity index (χ3n) is 5.28. The van der Waals surface area contributed by atoms with Crippen LogP contribution in [0.5, 0.6) is 34.5 Å². The van der Waals surface area contributed by atoms with Crippen molar-refractivity contribution in [1.82, 2.24) is 0 Å². The zero-order chi connectivity index (χ0) is 24.5. The summed E-state index contributed by atoms with van der Waals surface area (Å²) in [6.07, 6.45) is 8.12. The van der Waals surface area contributed by atoms with E-state index in [0.29, 0.717) is 34.5 Å². The van der Waals surface area contributed by atoms with Gasteiger partial charge in [-0.15, -0.1) is 0 Å². The van der Waals surface area contributed by atoms with Gasteiger partial charge in [0.15, 0.2) is 23.0 Å². The number of benzene rings is 3. The lowest BCUT2D eigenvalue weighted by Gasteiger charge is -2.13. The predicted molar refractivity (Wildman–Crippen MR) is 136 cm³/mol. The molecule has 0 heterocycles. The summed E-state index contributed by atoms with van der Waals surface area (Å²) in [7, 11) is 9.60. The summed E-state index contributed by atoms with van der Waals surface area (Å²) in [6.45, 7) is 0. The highest BCUT2D eigenvalue weighted by atomic mass is 16.5. The van der Waals surface area contributed by atoms with Crippen molar-refractivity contribution in [3.63, 3.8) is 0 Å². The number of hydrogen-bond donors (Lipinski definition) is 0. The van der Waals surface area contributed by atoms with Gasteiger partial charge in [-0.1, -0.05) is 48.6 Å². The first kappa shape index (κ1) is 24.6. The molecular weight excluding hydrogens is 432 g/mol. The van der Waals surface area contributed by atoms with Gasteiger partial charge in [-0.25, -0.2) is 0 Å². The Morgan fingerprint density at radius 3 is 1.03 bits per heavy atom. The van der Waals surface area contributed by atoms with Crippen LogP contribution in [0.3, 0.4) is 0 Å². The maximum Gasteiger partial charge on any atom is 0.203 e. The first-order valence-corrected chi connectivity index (χ1v) is 10.6. The molecule has 0 amide bonds. The zero-order valence-corrected chi connectivity index (χ0v) is 20.4. The van der Waals surface area contributed by atoms with Crippen LogP contribution in [-0.4, -0.2) is 42.7 Å². The molecule has 6 nitrogen and oxygen atoms in total. The Kier molecular flexibility index (Phi) is 8.46. The maximum absolute atomic E-state index is 5.46. The molecule has 3 aromatic rings. The number of hydrogen-bond acceptors (Lipinski definition) is 6. The van der Waals surface area contributed by atoms with E-state index in [0.717, 1.165) is 22.3 Å².